The van der Waals surface area contributed by atoms with Gasteiger partial charge < -0.3 is 10.1 Å². The van der Waals surface area contributed by atoms with Gasteiger partial charge >= 0.3 is 0 Å². The summed E-state index contributed by atoms with van der Waals surface area (Å²) in [6, 6.07) is 8.97. The lowest BCUT2D eigenvalue weighted by Crippen LogP contribution is -2.27. The summed E-state index contributed by atoms with van der Waals surface area (Å²) in [6.07, 6.45) is 2.19. The third-order valence-corrected chi connectivity index (χ3v) is 3.17. The van der Waals surface area contributed by atoms with Gasteiger partial charge in [-0.1, -0.05) is 39.0 Å². The Balaban J connectivity index is 2.68. The lowest BCUT2D eigenvalue weighted by atomic mass is 9.93. The van der Waals surface area contributed by atoms with Crippen molar-refractivity contribution in [1.82, 2.24) is 5.32 Å². The first kappa shape index (κ1) is 15.0. The van der Waals surface area contributed by atoms with Crippen LogP contribution in [0, 0.1) is 0 Å². The summed E-state index contributed by atoms with van der Waals surface area (Å²) in [4.78, 5) is 0. The fourth-order valence-corrected chi connectivity index (χ4v) is 2.32. The molecular weight excluding hydrogens is 222 g/mol. The molecular formula is C16H27NO. The second-order valence-electron chi connectivity index (χ2n) is 4.98. The minimum absolute atomic E-state index is 0.520. The fraction of sp³-hybridized carbons (Fsp3) is 0.625. The molecule has 18 heavy (non-hydrogen) atoms. The first-order chi connectivity index (χ1) is 8.69. The van der Waals surface area contributed by atoms with Crippen molar-refractivity contribution in [3.63, 3.8) is 0 Å². The van der Waals surface area contributed by atoms with Gasteiger partial charge in [-0.2, -0.15) is 0 Å². The zero-order valence-electron chi connectivity index (χ0n) is 12.2. The van der Waals surface area contributed by atoms with E-state index in [2.05, 4.69) is 57.3 Å². The molecule has 0 spiro atoms. The van der Waals surface area contributed by atoms with Gasteiger partial charge in [0.2, 0.25) is 0 Å². The van der Waals surface area contributed by atoms with Crippen molar-refractivity contribution >= 4 is 0 Å². The van der Waals surface area contributed by atoms with Gasteiger partial charge in [0.05, 0.1) is 6.61 Å². The molecule has 2 heteroatoms. The topological polar surface area (TPSA) is 21.3 Å². The van der Waals surface area contributed by atoms with E-state index in [-0.39, 0.29) is 0 Å². The molecule has 0 heterocycles. The second-order valence-corrected chi connectivity index (χ2v) is 4.98. The maximum atomic E-state index is 5.83. The SMILES string of the molecule is CCCOc1ccccc1C(C)CC(C)NCC. The van der Waals surface area contributed by atoms with Crippen molar-refractivity contribution in [3.8, 4) is 5.75 Å². The first-order valence-corrected chi connectivity index (χ1v) is 7.14. The van der Waals surface area contributed by atoms with E-state index in [0.717, 1.165) is 31.7 Å². The highest BCUT2D eigenvalue weighted by Gasteiger charge is 2.14. The molecule has 102 valence electrons. The Labute approximate surface area is 112 Å². The summed E-state index contributed by atoms with van der Waals surface area (Å²) >= 11 is 0. The molecule has 2 nitrogen and oxygen atoms in total. The molecule has 2 unspecified atom stereocenters. The van der Waals surface area contributed by atoms with Gasteiger partial charge in [-0.15, -0.1) is 0 Å². The molecule has 0 aromatic heterocycles. The number of rotatable bonds is 8. The molecule has 1 aromatic rings. The van der Waals surface area contributed by atoms with Gasteiger partial charge in [0, 0.05) is 6.04 Å². The standard InChI is InChI=1S/C16H27NO/c1-5-11-18-16-10-8-7-9-15(16)13(3)12-14(4)17-6-2/h7-10,13-14,17H,5-6,11-12H2,1-4H3. The highest BCUT2D eigenvalue weighted by atomic mass is 16.5. The van der Waals surface area contributed by atoms with Crippen LogP contribution < -0.4 is 10.1 Å². The average molecular weight is 249 g/mol. The lowest BCUT2D eigenvalue weighted by Gasteiger charge is -2.20. The summed E-state index contributed by atoms with van der Waals surface area (Å²) in [5, 5.41) is 3.47. The van der Waals surface area contributed by atoms with Crippen LogP contribution in [0.2, 0.25) is 0 Å². The van der Waals surface area contributed by atoms with Crippen LogP contribution in [0.1, 0.15) is 52.0 Å². The molecule has 1 rings (SSSR count). The molecule has 0 saturated heterocycles. The first-order valence-electron chi connectivity index (χ1n) is 7.14. The van der Waals surface area contributed by atoms with E-state index in [9.17, 15) is 0 Å². The molecule has 2 atom stereocenters. The third-order valence-electron chi connectivity index (χ3n) is 3.17. The molecule has 1 N–H and O–H groups in total. The summed E-state index contributed by atoms with van der Waals surface area (Å²) < 4.78 is 5.83. The Morgan fingerprint density at radius 2 is 1.89 bits per heavy atom. The second kappa shape index (κ2) is 8.15. The molecule has 0 aliphatic rings. The largest absolute Gasteiger partial charge is 0.493 e. The van der Waals surface area contributed by atoms with Crippen LogP contribution in [0.25, 0.3) is 0 Å². The third kappa shape index (κ3) is 4.69. The predicted molar refractivity (Wildman–Crippen MR) is 78.4 cm³/mol. The number of hydrogen-bond acceptors (Lipinski definition) is 2. The van der Waals surface area contributed by atoms with E-state index in [1.165, 1.54) is 5.56 Å². The number of para-hydroxylation sites is 1. The van der Waals surface area contributed by atoms with E-state index in [1.54, 1.807) is 0 Å². The number of benzene rings is 1. The van der Waals surface area contributed by atoms with Crippen molar-refractivity contribution in [2.75, 3.05) is 13.2 Å². The number of hydrogen-bond donors (Lipinski definition) is 1. The summed E-state index contributed by atoms with van der Waals surface area (Å²) in [5.74, 6) is 1.57. The van der Waals surface area contributed by atoms with Gasteiger partial charge in [0.15, 0.2) is 0 Å². The van der Waals surface area contributed by atoms with Gasteiger partial charge in [0.1, 0.15) is 5.75 Å². The number of nitrogens with one attached hydrogen (secondary N) is 1. The maximum Gasteiger partial charge on any atom is 0.122 e. The van der Waals surface area contributed by atoms with Crippen molar-refractivity contribution in [3.05, 3.63) is 29.8 Å². The molecule has 0 bridgehead atoms. The van der Waals surface area contributed by atoms with Crippen molar-refractivity contribution in [2.45, 2.75) is 52.5 Å². The van der Waals surface area contributed by atoms with E-state index >= 15 is 0 Å². The monoisotopic (exact) mass is 249 g/mol. The summed E-state index contributed by atoms with van der Waals surface area (Å²) in [6.45, 7) is 10.6. The predicted octanol–water partition coefficient (Wildman–Crippen LogP) is 3.97. The average Bonchev–Trinajstić information content (AvgIpc) is 2.36. The lowest BCUT2D eigenvalue weighted by molar-refractivity contribution is 0.311. The molecule has 0 radical (unpaired) electrons. The smallest absolute Gasteiger partial charge is 0.122 e. The maximum absolute atomic E-state index is 5.83. The summed E-state index contributed by atoms with van der Waals surface area (Å²) in [5.41, 5.74) is 1.33. The zero-order valence-corrected chi connectivity index (χ0v) is 12.2. The van der Waals surface area contributed by atoms with Crippen LogP contribution in [-0.4, -0.2) is 19.2 Å². The van der Waals surface area contributed by atoms with Crippen molar-refractivity contribution in [1.29, 1.82) is 0 Å². The van der Waals surface area contributed by atoms with Gasteiger partial charge in [0.25, 0.3) is 0 Å². The van der Waals surface area contributed by atoms with E-state index in [4.69, 9.17) is 4.74 Å². The van der Waals surface area contributed by atoms with Crippen LogP contribution >= 0.6 is 0 Å². The highest BCUT2D eigenvalue weighted by molar-refractivity contribution is 5.36. The molecule has 0 saturated carbocycles. The molecule has 0 fully saturated rings. The van der Waals surface area contributed by atoms with Crippen LogP contribution in [0.5, 0.6) is 5.75 Å². The van der Waals surface area contributed by atoms with E-state index in [0.29, 0.717) is 12.0 Å². The Kier molecular flexibility index (Phi) is 6.81. The normalized spacial score (nSPS) is 14.2. The van der Waals surface area contributed by atoms with Gasteiger partial charge in [-0.05, 0) is 43.9 Å². The summed E-state index contributed by atoms with van der Waals surface area (Å²) in [7, 11) is 0. The van der Waals surface area contributed by atoms with E-state index in [1.807, 2.05) is 0 Å². The van der Waals surface area contributed by atoms with Gasteiger partial charge in [-0.3, -0.25) is 0 Å². The quantitative estimate of drug-likeness (QED) is 0.753. The van der Waals surface area contributed by atoms with Crippen molar-refractivity contribution in [2.24, 2.45) is 0 Å². The molecule has 0 aliphatic heterocycles. The molecule has 0 aliphatic carbocycles. The Morgan fingerprint density at radius 1 is 1.17 bits per heavy atom. The van der Waals surface area contributed by atoms with E-state index < -0.39 is 0 Å². The Hall–Kier alpha value is -1.02. The Bertz CT molecular complexity index is 338. The zero-order chi connectivity index (χ0) is 13.4. The Morgan fingerprint density at radius 3 is 2.56 bits per heavy atom. The highest BCUT2D eigenvalue weighted by Crippen LogP contribution is 2.29. The van der Waals surface area contributed by atoms with Gasteiger partial charge in [-0.25, -0.2) is 0 Å². The van der Waals surface area contributed by atoms with Crippen LogP contribution in [0.15, 0.2) is 24.3 Å². The number of ether oxygens (including phenoxy) is 1. The minimum atomic E-state index is 0.520. The van der Waals surface area contributed by atoms with Crippen LogP contribution in [0.4, 0.5) is 0 Å². The van der Waals surface area contributed by atoms with Crippen molar-refractivity contribution < 1.29 is 4.74 Å². The van der Waals surface area contributed by atoms with Crippen LogP contribution in [-0.2, 0) is 0 Å². The molecule has 1 aromatic carbocycles. The van der Waals surface area contributed by atoms with Crippen LogP contribution in [0.3, 0.4) is 0 Å². The minimum Gasteiger partial charge on any atom is -0.493 e. The fourth-order valence-electron chi connectivity index (χ4n) is 2.32. The molecule has 0 amide bonds.